The van der Waals surface area contributed by atoms with E-state index in [4.69, 9.17) is 0 Å². The Hall–Kier alpha value is -6.26. The van der Waals surface area contributed by atoms with Gasteiger partial charge in [-0.1, -0.05) is 191 Å². The quantitative estimate of drug-likeness (QED) is 0.163. The number of benzene rings is 7. The van der Waals surface area contributed by atoms with Gasteiger partial charge in [-0.3, -0.25) is 0 Å². The number of rotatable bonds is 4. The average molecular weight is 1000 g/mol. The fourth-order valence-corrected chi connectivity index (χ4v) is 13.9. The Kier molecular flexibility index (Phi) is 10.7. The molecule has 4 aliphatic rings. The van der Waals surface area contributed by atoms with Crippen LogP contribution in [0.1, 0.15) is 188 Å². The molecule has 3 heterocycles. The molecule has 0 spiro atoms. The summed E-state index contributed by atoms with van der Waals surface area (Å²) in [5, 5.41) is 1.39. The molecule has 388 valence electrons. The number of aromatic nitrogens is 1. The summed E-state index contributed by atoms with van der Waals surface area (Å²) in [6.45, 7) is 45.5. The summed E-state index contributed by atoms with van der Waals surface area (Å²) in [5.74, 6) is 0. The van der Waals surface area contributed by atoms with E-state index in [9.17, 15) is 0 Å². The van der Waals surface area contributed by atoms with Crippen molar-refractivity contribution in [1.29, 1.82) is 0 Å². The molecule has 0 amide bonds. The molecule has 0 N–H and O–H groups in total. The molecular weight excluding hydrogens is 918 g/mol. The van der Waals surface area contributed by atoms with Gasteiger partial charge in [0.05, 0.1) is 5.69 Å². The molecule has 3 nitrogen and oxygen atoms in total. The van der Waals surface area contributed by atoms with Crippen LogP contribution in [0.25, 0.3) is 27.8 Å². The Balaban J connectivity index is 1.22. The third-order valence-corrected chi connectivity index (χ3v) is 18.7. The lowest BCUT2D eigenvalue weighted by atomic mass is 9.33. The van der Waals surface area contributed by atoms with Gasteiger partial charge in [-0.05, 0) is 179 Å². The van der Waals surface area contributed by atoms with Crippen molar-refractivity contribution in [1.82, 2.24) is 4.57 Å². The smallest absolute Gasteiger partial charge is 0.252 e. The fraction of sp³-hybridized carbons (Fsp3) is 0.389. The Morgan fingerprint density at radius 3 is 1.54 bits per heavy atom. The van der Waals surface area contributed by atoms with E-state index < -0.39 is 0 Å². The molecule has 0 atom stereocenters. The molecule has 12 rings (SSSR count). The highest BCUT2D eigenvalue weighted by molar-refractivity contribution is 7.00. The molecule has 2 aliphatic carbocycles. The maximum Gasteiger partial charge on any atom is 0.252 e. The number of anilines is 6. The van der Waals surface area contributed by atoms with Gasteiger partial charge in [0.2, 0.25) is 0 Å². The average Bonchev–Trinajstić information content (AvgIpc) is 4.01. The first kappa shape index (κ1) is 50.6. The van der Waals surface area contributed by atoms with Gasteiger partial charge in [0.25, 0.3) is 6.71 Å². The molecule has 0 bridgehead atoms. The van der Waals surface area contributed by atoms with E-state index in [1.165, 1.54) is 118 Å². The van der Waals surface area contributed by atoms with Crippen LogP contribution in [-0.2, 0) is 37.9 Å². The maximum absolute atomic E-state index is 2.75. The van der Waals surface area contributed by atoms with Crippen LogP contribution in [0.3, 0.4) is 0 Å². The largest absolute Gasteiger partial charge is 0.311 e. The van der Waals surface area contributed by atoms with Crippen LogP contribution < -0.4 is 26.2 Å². The molecular formula is C72H82BN3. The monoisotopic (exact) mass is 1000 g/mol. The van der Waals surface area contributed by atoms with Crippen molar-refractivity contribution in [2.45, 2.75) is 182 Å². The lowest BCUT2D eigenvalue weighted by molar-refractivity contribution is 0.332. The summed E-state index contributed by atoms with van der Waals surface area (Å²) in [6, 6.07) is 51.1. The van der Waals surface area contributed by atoms with E-state index in [0.717, 1.165) is 23.5 Å². The van der Waals surface area contributed by atoms with Gasteiger partial charge in [0, 0.05) is 61.7 Å². The molecule has 0 unspecified atom stereocenters. The van der Waals surface area contributed by atoms with Crippen LogP contribution in [0.4, 0.5) is 34.1 Å². The Labute approximate surface area is 456 Å². The van der Waals surface area contributed by atoms with Gasteiger partial charge in [-0.2, -0.15) is 0 Å². The molecule has 4 heteroatoms. The molecule has 7 aromatic carbocycles. The summed E-state index contributed by atoms with van der Waals surface area (Å²) >= 11 is 0. The second-order valence-corrected chi connectivity index (χ2v) is 29.5. The normalized spacial score (nSPS) is 16.8. The molecule has 76 heavy (non-hydrogen) atoms. The van der Waals surface area contributed by atoms with E-state index in [2.05, 4.69) is 273 Å². The number of nitrogens with zero attached hydrogens (tertiary/aromatic N) is 3. The second-order valence-electron chi connectivity index (χ2n) is 29.5. The van der Waals surface area contributed by atoms with E-state index in [0.29, 0.717) is 0 Å². The van der Waals surface area contributed by atoms with Gasteiger partial charge in [-0.15, -0.1) is 0 Å². The van der Waals surface area contributed by atoms with Crippen molar-refractivity contribution in [3.63, 3.8) is 0 Å². The van der Waals surface area contributed by atoms with Crippen LogP contribution in [-0.4, -0.2) is 11.3 Å². The van der Waals surface area contributed by atoms with Crippen molar-refractivity contribution in [3.8, 4) is 16.9 Å². The highest BCUT2D eigenvalue weighted by Gasteiger charge is 2.49. The zero-order valence-electron chi connectivity index (χ0n) is 49.5. The van der Waals surface area contributed by atoms with E-state index in [1.807, 2.05) is 0 Å². The lowest BCUT2D eigenvalue weighted by Gasteiger charge is -2.45. The van der Waals surface area contributed by atoms with E-state index in [1.54, 1.807) is 0 Å². The fourth-order valence-electron chi connectivity index (χ4n) is 13.9. The first-order chi connectivity index (χ1) is 35.4. The molecule has 0 fully saturated rings. The lowest BCUT2D eigenvalue weighted by Crippen LogP contribution is -2.61. The van der Waals surface area contributed by atoms with Crippen molar-refractivity contribution in [3.05, 3.63) is 177 Å². The van der Waals surface area contributed by atoms with E-state index >= 15 is 0 Å². The number of aryl methyl sites for hydroxylation is 1. The van der Waals surface area contributed by atoms with Crippen molar-refractivity contribution < 1.29 is 0 Å². The summed E-state index contributed by atoms with van der Waals surface area (Å²) in [4.78, 5) is 5.24. The topological polar surface area (TPSA) is 11.4 Å². The first-order valence-corrected chi connectivity index (χ1v) is 28.5. The van der Waals surface area contributed by atoms with Crippen molar-refractivity contribution in [2.75, 3.05) is 9.80 Å². The van der Waals surface area contributed by atoms with Crippen molar-refractivity contribution >= 4 is 68.1 Å². The molecule has 0 saturated heterocycles. The van der Waals surface area contributed by atoms with Crippen LogP contribution in [0, 0.1) is 6.92 Å². The molecule has 0 radical (unpaired) electrons. The minimum Gasteiger partial charge on any atom is -0.311 e. The summed E-state index contributed by atoms with van der Waals surface area (Å²) in [7, 11) is 0. The highest BCUT2D eigenvalue weighted by Crippen LogP contribution is 2.56. The molecule has 1 aromatic heterocycles. The van der Waals surface area contributed by atoms with Crippen LogP contribution in [0.2, 0.25) is 0 Å². The van der Waals surface area contributed by atoms with Crippen LogP contribution in [0.15, 0.2) is 127 Å². The predicted octanol–water partition coefficient (Wildman–Crippen LogP) is 17.9. The van der Waals surface area contributed by atoms with Crippen LogP contribution >= 0.6 is 0 Å². The zero-order valence-corrected chi connectivity index (χ0v) is 49.5. The third kappa shape index (κ3) is 7.49. The van der Waals surface area contributed by atoms with Gasteiger partial charge in [0.1, 0.15) is 0 Å². The number of hydrogen-bond acceptors (Lipinski definition) is 2. The SMILES string of the molecule is Cc1cc2c(cc1N1c3cc(N(c4ccc(C(C)(C)C)cc4)c4ccc(C(C)(C)C)cc4)ccc3B3c4c1cc(C(C)(C)C)cc4-n1c4c(c5cc(C(C)(C)C)cc3c51)C(C)(C)c1ccccc1-4)C(C)(C)CCC2(C)C. The second kappa shape index (κ2) is 16.2. The summed E-state index contributed by atoms with van der Waals surface area (Å²) in [5.41, 5.74) is 29.2. The zero-order chi connectivity index (χ0) is 54.4. The Morgan fingerprint density at radius 1 is 0.461 bits per heavy atom. The number of hydrogen-bond donors (Lipinski definition) is 0. The first-order valence-electron chi connectivity index (χ1n) is 28.5. The van der Waals surface area contributed by atoms with Crippen molar-refractivity contribution in [2.24, 2.45) is 0 Å². The molecule has 0 saturated carbocycles. The Morgan fingerprint density at radius 2 is 0.974 bits per heavy atom. The number of fused-ring (bicyclic) bond motifs is 10. The summed E-state index contributed by atoms with van der Waals surface area (Å²) < 4.78 is 2.75. The molecule has 2 aliphatic heterocycles. The maximum atomic E-state index is 2.75. The third-order valence-electron chi connectivity index (χ3n) is 18.7. The minimum absolute atomic E-state index is 0.0103. The molecule has 8 aromatic rings. The Bertz CT molecular complexity index is 3660. The van der Waals surface area contributed by atoms with Gasteiger partial charge < -0.3 is 14.4 Å². The summed E-state index contributed by atoms with van der Waals surface area (Å²) in [6.07, 6.45) is 2.34. The van der Waals surface area contributed by atoms with Gasteiger partial charge in [-0.25, -0.2) is 0 Å². The minimum atomic E-state index is -0.187. The van der Waals surface area contributed by atoms with Crippen LogP contribution in [0.5, 0.6) is 0 Å². The predicted molar refractivity (Wildman–Crippen MR) is 330 cm³/mol. The van der Waals surface area contributed by atoms with Gasteiger partial charge in [0.15, 0.2) is 0 Å². The van der Waals surface area contributed by atoms with E-state index in [-0.39, 0.29) is 44.6 Å². The standard InChI is InChI=1S/C72H82BN3/c1-43-36-54-55(71(16,17)35-34-70(54,14)15)42-58(43)75-59-41-50(74(48-28-24-44(25-29-48)66(2,3)4)49-30-26-45(27-31-49)67(5,6)7)32-33-56(59)73-57-38-46(68(8,9)10)37-52-62-65(51-22-20-21-23-53(51)72(62,18)19)76(64(52)57)61-40-47(69(11,12)13)39-60(75)63(61)73/h20-33,36-42H,34-35H2,1-19H3. The van der Waals surface area contributed by atoms with Gasteiger partial charge >= 0.3 is 0 Å². The highest BCUT2D eigenvalue weighted by atomic mass is 15.2.